The SMILES string of the molecule is O=C(N/N=C\c1ccc(O)cc1)NC12CC3CC(CC(C3)C1)C2. The third kappa shape index (κ3) is 3.05. The van der Waals surface area contributed by atoms with Crippen molar-refractivity contribution >= 4 is 12.2 Å². The highest BCUT2D eigenvalue weighted by atomic mass is 16.3. The van der Waals surface area contributed by atoms with Crippen LogP contribution in [-0.4, -0.2) is 22.9 Å². The predicted molar refractivity (Wildman–Crippen MR) is 88.3 cm³/mol. The normalized spacial score (nSPS) is 34.7. The number of hydrogen-bond donors (Lipinski definition) is 3. The van der Waals surface area contributed by atoms with Gasteiger partial charge in [-0.1, -0.05) is 0 Å². The molecule has 1 aromatic rings. The van der Waals surface area contributed by atoms with Crippen molar-refractivity contribution in [1.29, 1.82) is 0 Å². The minimum atomic E-state index is -0.207. The van der Waals surface area contributed by atoms with Gasteiger partial charge in [-0.05, 0) is 86.1 Å². The van der Waals surface area contributed by atoms with Gasteiger partial charge in [0.2, 0.25) is 0 Å². The van der Waals surface area contributed by atoms with Gasteiger partial charge in [0.15, 0.2) is 0 Å². The highest BCUT2D eigenvalue weighted by molar-refractivity contribution is 5.82. The summed E-state index contributed by atoms with van der Waals surface area (Å²) in [6, 6.07) is 6.48. The lowest BCUT2D eigenvalue weighted by Gasteiger charge is -2.56. The topological polar surface area (TPSA) is 73.7 Å². The van der Waals surface area contributed by atoms with Crippen LogP contribution in [0.25, 0.3) is 0 Å². The number of aromatic hydroxyl groups is 1. The molecule has 5 heteroatoms. The molecule has 3 N–H and O–H groups in total. The molecule has 4 fully saturated rings. The number of hydrogen-bond acceptors (Lipinski definition) is 3. The molecule has 0 aromatic heterocycles. The highest BCUT2D eigenvalue weighted by Gasteiger charge is 2.51. The summed E-state index contributed by atoms with van der Waals surface area (Å²) in [6.45, 7) is 0. The van der Waals surface area contributed by atoms with Gasteiger partial charge in [-0.3, -0.25) is 0 Å². The van der Waals surface area contributed by atoms with E-state index in [1.807, 2.05) is 0 Å². The van der Waals surface area contributed by atoms with E-state index in [4.69, 9.17) is 0 Å². The Morgan fingerprint density at radius 3 is 2.22 bits per heavy atom. The van der Waals surface area contributed by atoms with Gasteiger partial charge in [0.05, 0.1) is 6.21 Å². The Balaban J connectivity index is 1.34. The number of hydrazone groups is 1. The van der Waals surface area contributed by atoms with Crippen LogP contribution >= 0.6 is 0 Å². The van der Waals surface area contributed by atoms with Gasteiger partial charge in [-0.15, -0.1) is 0 Å². The fourth-order valence-electron chi connectivity index (χ4n) is 5.26. The maximum atomic E-state index is 12.2. The zero-order valence-electron chi connectivity index (χ0n) is 13.2. The Bertz CT molecular complexity index is 588. The summed E-state index contributed by atoms with van der Waals surface area (Å²) in [7, 11) is 0. The van der Waals surface area contributed by atoms with Gasteiger partial charge >= 0.3 is 6.03 Å². The quantitative estimate of drug-likeness (QED) is 0.593. The number of rotatable bonds is 3. The molecule has 0 heterocycles. The van der Waals surface area contributed by atoms with Crippen molar-refractivity contribution in [3.05, 3.63) is 29.8 Å². The first kappa shape index (κ1) is 14.5. The number of nitrogens with zero attached hydrogens (tertiary/aromatic N) is 1. The number of phenols is 1. The van der Waals surface area contributed by atoms with Crippen molar-refractivity contribution in [3.63, 3.8) is 0 Å². The molecule has 4 bridgehead atoms. The Morgan fingerprint density at radius 2 is 1.65 bits per heavy atom. The summed E-state index contributed by atoms with van der Waals surface area (Å²) in [5.74, 6) is 2.64. The van der Waals surface area contributed by atoms with E-state index in [2.05, 4.69) is 15.8 Å². The van der Waals surface area contributed by atoms with E-state index in [-0.39, 0.29) is 17.3 Å². The van der Waals surface area contributed by atoms with Crippen molar-refractivity contribution in [2.45, 2.75) is 44.1 Å². The lowest BCUT2D eigenvalue weighted by atomic mass is 9.53. The first-order valence-electron chi connectivity index (χ1n) is 8.50. The average Bonchev–Trinajstić information content (AvgIpc) is 2.47. The fraction of sp³-hybridized carbons (Fsp3) is 0.556. The van der Waals surface area contributed by atoms with Crippen molar-refractivity contribution < 1.29 is 9.90 Å². The third-order valence-corrected chi connectivity index (χ3v) is 5.69. The Labute approximate surface area is 136 Å². The maximum Gasteiger partial charge on any atom is 0.335 e. The zero-order chi connectivity index (χ0) is 15.9. The van der Waals surface area contributed by atoms with Gasteiger partial charge < -0.3 is 10.4 Å². The summed E-state index contributed by atoms with van der Waals surface area (Å²) in [5.41, 5.74) is 3.42. The summed E-state index contributed by atoms with van der Waals surface area (Å²) in [4.78, 5) is 12.2. The summed E-state index contributed by atoms with van der Waals surface area (Å²) in [5, 5.41) is 16.5. The summed E-state index contributed by atoms with van der Waals surface area (Å²) >= 11 is 0. The van der Waals surface area contributed by atoms with Crippen LogP contribution in [0.1, 0.15) is 44.1 Å². The Hall–Kier alpha value is -2.04. The van der Waals surface area contributed by atoms with E-state index in [1.54, 1.807) is 30.5 Å². The number of carbonyl (C=O) groups excluding carboxylic acids is 1. The van der Waals surface area contributed by atoms with E-state index in [0.717, 1.165) is 42.6 Å². The first-order valence-corrected chi connectivity index (χ1v) is 8.50. The van der Waals surface area contributed by atoms with E-state index >= 15 is 0 Å². The lowest BCUT2D eigenvalue weighted by molar-refractivity contribution is -0.0135. The molecule has 5 nitrogen and oxygen atoms in total. The van der Waals surface area contributed by atoms with Crippen molar-refractivity contribution in [2.24, 2.45) is 22.9 Å². The smallest absolute Gasteiger partial charge is 0.335 e. The number of nitrogens with one attached hydrogen (secondary N) is 2. The molecule has 23 heavy (non-hydrogen) atoms. The highest BCUT2D eigenvalue weighted by Crippen LogP contribution is 2.55. The van der Waals surface area contributed by atoms with Crippen LogP contribution in [0, 0.1) is 17.8 Å². The first-order chi connectivity index (χ1) is 11.1. The average molecular weight is 313 g/mol. The largest absolute Gasteiger partial charge is 0.508 e. The van der Waals surface area contributed by atoms with E-state index < -0.39 is 0 Å². The maximum absolute atomic E-state index is 12.2. The molecule has 0 spiro atoms. The minimum absolute atomic E-state index is 0.00684. The molecule has 4 aliphatic rings. The van der Waals surface area contributed by atoms with Crippen LogP contribution in [0.2, 0.25) is 0 Å². The lowest BCUT2D eigenvalue weighted by Crippen LogP contribution is -2.61. The van der Waals surface area contributed by atoms with Crippen LogP contribution in [0.5, 0.6) is 5.75 Å². The molecular formula is C18H23N3O2. The predicted octanol–water partition coefficient (Wildman–Crippen LogP) is 2.99. The van der Waals surface area contributed by atoms with Gasteiger partial charge in [-0.2, -0.15) is 5.10 Å². The van der Waals surface area contributed by atoms with Gasteiger partial charge in [0.25, 0.3) is 0 Å². The number of urea groups is 1. The van der Waals surface area contributed by atoms with Crippen LogP contribution < -0.4 is 10.7 Å². The number of benzene rings is 1. The van der Waals surface area contributed by atoms with Crippen molar-refractivity contribution in [1.82, 2.24) is 10.7 Å². The molecule has 5 rings (SSSR count). The van der Waals surface area contributed by atoms with Crippen LogP contribution in [0.15, 0.2) is 29.4 Å². The second kappa shape index (κ2) is 5.55. The Kier molecular flexibility index (Phi) is 3.51. The van der Waals surface area contributed by atoms with Gasteiger partial charge in [-0.25, -0.2) is 10.2 Å². The monoisotopic (exact) mass is 313 g/mol. The van der Waals surface area contributed by atoms with Crippen LogP contribution in [-0.2, 0) is 0 Å². The van der Waals surface area contributed by atoms with Crippen molar-refractivity contribution in [2.75, 3.05) is 0 Å². The number of amides is 2. The molecule has 2 amide bonds. The molecule has 122 valence electrons. The Morgan fingerprint density at radius 1 is 1.09 bits per heavy atom. The molecule has 4 aliphatic carbocycles. The summed E-state index contributed by atoms with van der Waals surface area (Å²) in [6.07, 6.45) is 9.07. The second-order valence-corrected chi connectivity index (χ2v) is 7.61. The van der Waals surface area contributed by atoms with E-state index in [9.17, 15) is 9.90 Å². The van der Waals surface area contributed by atoms with E-state index in [1.165, 1.54) is 19.3 Å². The van der Waals surface area contributed by atoms with E-state index in [0.29, 0.717) is 0 Å². The standard InChI is InChI=1S/C18H23N3O2/c22-16-3-1-12(2-4-16)11-19-21-17(23)20-18-8-13-5-14(9-18)7-15(6-13)10-18/h1-4,11,13-15,22H,5-10H2,(H2,20,21,23)/b19-11-. The molecule has 1 aromatic carbocycles. The van der Waals surface area contributed by atoms with Gasteiger partial charge in [0.1, 0.15) is 5.75 Å². The molecule has 0 atom stereocenters. The molecule has 0 radical (unpaired) electrons. The zero-order valence-corrected chi connectivity index (χ0v) is 13.2. The van der Waals surface area contributed by atoms with Crippen LogP contribution in [0.4, 0.5) is 4.79 Å². The molecule has 0 aliphatic heterocycles. The molecular weight excluding hydrogens is 290 g/mol. The molecule has 0 unspecified atom stereocenters. The number of phenolic OH excluding ortho intramolecular Hbond substituents is 1. The molecule has 0 saturated heterocycles. The van der Waals surface area contributed by atoms with Crippen molar-refractivity contribution in [3.8, 4) is 5.75 Å². The second-order valence-electron chi connectivity index (χ2n) is 7.61. The van der Waals surface area contributed by atoms with Crippen LogP contribution in [0.3, 0.4) is 0 Å². The van der Waals surface area contributed by atoms with Gasteiger partial charge in [0, 0.05) is 5.54 Å². The fourth-order valence-corrected chi connectivity index (χ4v) is 5.26. The third-order valence-electron chi connectivity index (χ3n) is 5.69. The summed E-state index contributed by atoms with van der Waals surface area (Å²) < 4.78 is 0. The number of carbonyl (C=O) groups is 1. The molecule has 4 saturated carbocycles. The minimum Gasteiger partial charge on any atom is -0.508 e.